The van der Waals surface area contributed by atoms with Crippen molar-refractivity contribution in [3.05, 3.63) is 70.3 Å². The van der Waals surface area contributed by atoms with Crippen LogP contribution in [0.2, 0.25) is 5.02 Å². The molecule has 0 spiro atoms. The number of carbonyl (C=O) groups excluding carboxylic acids is 2. The molecular weight excluding hydrogens is 416 g/mol. The highest BCUT2D eigenvalue weighted by Crippen LogP contribution is 2.40. The number of aliphatic hydroxyl groups is 1. The smallest absolute Gasteiger partial charge is 0.295 e. The molecule has 2 aromatic carbocycles. The molecule has 6 nitrogen and oxygen atoms in total. The fourth-order valence-corrected chi connectivity index (χ4v) is 4.04. The highest BCUT2D eigenvalue weighted by molar-refractivity contribution is 6.46. The molecule has 1 aliphatic heterocycles. The first kappa shape index (κ1) is 22.8. The molecule has 1 atom stereocenters. The third-order valence-electron chi connectivity index (χ3n) is 5.63. The number of hydrogen-bond donors (Lipinski definition) is 1. The second-order valence-electron chi connectivity index (χ2n) is 7.28. The average molecular weight is 443 g/mol. The fraction of sp³-hybridized carbons (Fsp3) is 0.333. The molecule has 1 N–H and O–H groups in total. The number of methoxy groups -OCH3 is 1. The molecule has 7 heteroatoms. The van der Waals surface area contributed by atoms with Gasteiger partial charge < -0.3 is 19.6 Å². The van der Waals surface area contributed by atoms with Gasteiger partial charge in [0.05, 0.1) is 23.7 Å². The van der Waals surface area contributed by atoms with Gasteiger partial charge in [0.2, 0.25) is 0 Å². The van der Waals surface area contributed by atoms with Crippen molar-refractivity contribution < 1.29 is 19.4 Å². The summed E-state index contributed by atoms with van der Waals surface area (Å²) in [5.74, 6) is -1.17. The van der Waals surface area contributed by atoms with Gasteiger partial charge in [-0.15, -0.1) is 0 Å². The van der Waals surface area contributed by atoms with Crippen LogP contribution in [0.5, 0.6) is 5.75 Å². The first-order valence-corrected chi connectivity index (χ1v) is 10.7. The monoisotopic (exact) mass is 442 g/mol. The van der Waals surface area contributed by atoms with Crippen molar-refractivity contribution in [2.75, 3.05) is 33.3 Å². The Balaban J connectivity index is 2.10. The molecule has 1 saturated heterocycles. The van der Waals surface area contributed by atoms with E-state index in [1.165, 1.54) is 7.11 Å². The lowest BCUT2D eigenvalue weighted by Gasteiger charge is -2.28. The zero-order valence-corrected chi connectivity index (χ0v) is 18.7. The van der Waals surface area contributed by atoms with Crippen LogP contribution in [0.3, 0.4) is 0 Å². The molecule has 1 fully saturated rings. The number of ketones is 1. The number of nitrogens with zero attached hydrogens (tertiary/aromatic N) is 2. The van der Waals surface area contributed by atoms with Crippen LogP contribution in [-0.4, -0.2) is 59.9 Å². The molecule has 164 valence electrons. The number of rotatable bonds is 8. The Morgan fingerprint density at radius 2 is 1.81 bits per heavy atom. The molecule has 3 rings (SSSR count). The van der Waals surface area contributed by atoms with Gasteiger partial charge in [0.1, 0.15) is 11.5 Å². The Bertz CT molecular complexity index is 986. The highest BCUT2D eigenvalue weighted by atomic mass is 35.5. The zero-order chi connectivity index (χ0) is 22.5. The van der Waals surface area contributed by atoms with Crippen molar-refractivity contribution in [2.24, 2.45) is 0 Å². The van der Waals surface area contributed by atoms with Gasteiger partial charge in [0.25, 0.3) is 11.7 Å². The van der Waals surface area contributed by atoms with Crippen molar-refractivity contribution in [2.45, 2.75) is 19.9 Å². The van der Waals surface area contributed by atoms with Crippen LogP contribution in [0.25, 0.3) is 5.76 Å². The normalized spacial score (nSPS) is 18.1. The molecule has 0 radical (unpaired) electrons. The Morgan fingerprint density at radius 3 is 2.42 bits per heavy atom. The van der Waals surface area contributed by atoms with Crippen LogP contribution in [-0.2, 0) is 9.59 Å². The van der Waals surface area contributed by atoms with E-state index in [9.17, 15) is 14.7 Å². The van der Waals surface area contributed by atoms with E-state index in [1.807, 2.05) is 30.3 Å². The van der Waals surface area contributed by atoms with Gasteiger partial charge >= 0.3 is 0 Å². The van der Waals surface area contributed by atoms with Crippen LogP contribution in [0.4, 0.5) is 0 Å². The van der Waals surface area contributed by atoms with Crippen LogP contribution in [0.15, 0.2) is 54.1 Å². The Hall–Kier alpha value is -2.83. The van der Waals surface area contributed by atoms with Gasteiger partial charge in [-0.2, -0.15) is 0 Å². The Kier molecular flexibility index (Phi) is 7.36. The highest BCUT2D eigenvalue weighted by Gasteiger charge is 2.45. The van der Waals surface area contributed by atoms with Gasteiger partial charge in [-0.25, -0.2) is 0 Å². The lowest BCUT2D eigenvalue weighted by molar-refractivity contribution is -0.140. The van der Waals surface area contributed by atoms with Crippen molar-refractivity contribution in [1.82, 2.24) is 9.80 Å². The largest absolute Gasteiger partial charge is 0.507 e. The summed E-state index contributed by atoms with van der Waals surface area (Å²) >= 11 is 6.10. The Morgan fingerprint density at radius 1 is 1.13 bits per heavy atom. The average Bonchev–Trinajstić information content (AvgIpc) is 3.05. The SMILES string of the molecule is CCN(CC)CCN1C(=O)C(=O)/C(=C(\O)c2ccc(Cl)c(OC)c2)C1c1ccccc1. The standard InChI is InChI=1S/C24H27ClN2O4/c1-4-26(5-2)13-14-27-21(16-9-7-6-8-10-16)20(23(29)24(27)30)22(28)17-11-12-18(25)19(15-17)31-3/h6-12,15,21,28H,4-5,13-14H2,1-3H3/b22-20-. The number of amides is 1. The van der Waals surface area contributed by atoms with E-state index >= 15 is 0 Å². The number of ether oxygens (including phenoxy) is 1. The van der Waals surface area contributed by atoms with E-state index in [4.69, 9.17) is 16.3 Å². The minimum absolute atomic E-state index is 0.0696. The van der Waals surface area contributed by atoms with Crippen LogP contribution in [0.1, 0.15) is 31.0 Å². The minimum Gasteiger partial charge on any atom is -0.507 e. The molecule has 0 bridgehead atoms. The number of carbonyl (C=O) groups is 2. The minimum atomic E-state index is -0.695. The van der Waals surface area contributed by atoms with Gasteiger partial charge in [0.15, 0.2) is 0 Å². The lowest BCUT2D eigenvalue weighted by Crippen LogP contribution is -2.38. The van der Waals surface area contributed by atoms with Crippen LogP contribution < -0.4 is 4.74 Å². The number of likely N-dealkylation sites (N-methyl/N-ethyl adjacent to an activating group) is 1. The maximum Gasteiger partial charge on any atom is 0.295 e. The maximum atomic E-state index is 13.0. The van der Waals surface area contributed by atoms with Gasteiger partial charge in [-0.1, -0.05) is 55.8 Å². The van der Waals surface area contributed by atoms with Crippen LogP contribution >= 0.6 is 11.6 Å². The topological polar surface area (TPSA) is 70.1 Å². The summed E-state index contributed by atoms with van der Waals surface area (Å²) in [6.07, 6.45) is 0. The first-order chi connectivity index (χ1) is 14.9. The summed E-state index contributed by atoms with van der Waals surface area (Å²) in [7, 11) is 1.47. The fourth-order valence-electron chi connectivity index (χ4n) is 3.84. The maximum absolute atomic E-state index is 13.0. The summed E-state index contributed by atoms with van der Waals surface area (Å²) in [4.78, 5) is 29.7. The van der Waals surface area contributed by atoms with E-state index in [1.54, 1.807) is 23.1 Å². The molecule has 1 amide bonds. The zero-order valence-electron chi connectivity index (χ0n) is 18.0. The second kappa shape index (κ2) is 9.98. The molecule has 1 heterocycles. The number of hydrogen-bond acceptors (Lipinski definition) is 5. The third kappa shape index (κ3) is 4.60. The van der Waals surface area contributed by atoms with Crippen molar-refractivity contribution in [3.63, 3.8) is 0 Å². The molecule has 0 aromatic heterocycles. The molecule has 0 aliphatic carbocycles. The molecule has 31 heavy (non-hydrogen) atoms. The number of likely N-dealkylation sites (tertiary alicyclic amines) is 1. The van der Waals surface area contributed by atoms with Gasteiger partial charge in [-0.05, 0) is 36.9 Å². The number of aliphatic hydroxyl groups excluding tert-OH is 1. The summed E-state index contributed by atoms with van der Waals surface area (Å²) in [6, 6.07) is 13.4. The molecular formula is C24H27ClN2O4. The van der Waals surface area contributed by atoms with Gasteiger partial charge in [0, 0.05) is 18.7 Å². The predicted molar refractivity (Wildman–Crippen MR) is 121 cm³/mol. The van der Waals surface area contributed by atoms with Crippen molar-refractivity contribution in [3.8, 4) is 5.75 Å². The third-order valence-corrected chi connectivity index (χ3v) is 5.94. The van der Waals surface area contributed by atoms with E-state index < -0.39 is 17.7 Å². The molecule has 1 aliphatic rings. The van der Waals surface area contributed by atoms with Crippen molar-refractivity contribution >= 4 is 29.1 Å². The summed E-state index contributed by atoms with van der Waals surface area (Å²) in [5, 5.41) is 11.5. The first-order valence-electron chi connectivity index (χ1n) is 10.3. The van der Waals surface area contributed by atoms with E-state index in [0.717, 1.165) is 18.7 Å². The number of halogens is 1. The van der Waals surface area contributed by atoms with Crippen molar-refractivity contribution in [1.29, 1.82) is 0 Å². The molecule has 1 unspecified atom stereocenters. The van der Waals surface area contributed by atoms with Crippen LogP contribution in [0, 0.1) is 0 Å². The molecule has 0 saturated carbocycles. The Labute approximate surface area is 187 Å². The van der Waals surface area contributed by atoms with E-state index in [-0.39, 0.29) is 11.3 Å². The summed E-state index contributed by atoms with van der Waals surface area (Å²) in [5.41, 5.74) is 1.20. The van der Waals surface area contributed by atoms with Gasteiger partial charge in [-0.3, -0.25) is 9.59 Å². The quantitative estimate of drug-likeness (QED) is 0.378. The van der Waals surface area contributed by atoms with E-state index in [2.05, 4.69) is 18.7 Å². The lowest BCUT2D eigenvalue weighted by atomic mass is 9.95. The number of Topliss-reactive ketones (excluding diaryl/α,β-unsaturated/α-hetero) is 1. The summed E-state index contributed by atoms with van der Waals surface area (Å²) < 4.78 is 5.24. The number of benzene rings is 2. The second-order valence-corrected chi connectivity index (χ2v) is 7.69. The summed E-state index contributed by atoms with van der Waals surface area (Å²) in [6.45, 7) is 6.83. The predicted octanol–water partition coefficient (Wildman–Crippen LogP) is 4.11. The van der Waals surface area contributed by atoms with E-state index in [0.29, 0.717) is 29.4 Å². The molecule has 2 aromatic rings.